The molecule has 1 fully saturated rings. The minimum absolute atomic E-state index is 0.0241. The smallest absolute Gasteiger partial charge is 0.307 e. The van der Waals surface area contributed by atoms with Crippen molar-refractivity contribution < 1.29 is 32.2 Å². The number of carbonyl (C=O) groups is 1. The number of hydrogen-bond donors (Lipinski definition) is 1. The Morgan fingerprint density at radius 2 is 2.09 bits per heavy atom. The van der Waals surface area contributed by atoms with Crippen LogP contribution < -0.4 is 9.47 Å². The molecular weight excluding hydrogens is 329 g/mol. The summed E-state index contributed by atoms with van der Waals surface area (Å²) in [7, 11) is -1.40. The number of methoxy groups -OCH3 is 2. The lowest BCUT2D eigenvalue weighted by Gasteiger charge is -2.20. The van der Waals surface area contributed by atoms with E-state index in [1.807, 2.05) is 0 Å². The van der Waals surface area contributed by atoms with Crippen LogP contribution >= 0.6 is 0 Å². The van der Waals surface area contributed by atoms with Gasteiger partial charge in [-0.05, 0) is 24.1 Å². The van der Waals surface area contributed by atoms with Crippen LogP contribution in [0.1, 0.15) is 12.0 Å². The van der Waals surface area contributed by atoms with E-state index in [-0.39, 0.29) is 47.9 Å². The molecule has 0 aromatic heterocycles. The molecule has 1 aliphatic rings. The predicted octanol–water partition coefficient (Wildman–Crippen LogP) is 1.06. The molecule has 1 aliphatic heterocycles. The molecule has 1 heterocycles. The number of alkyl halides is 1. The SMILES string of the molecule is COc1cc(CC(=O)O)cc(S(=O)(=O)N2CC[C@@H](F)C2)c1OC. The van der Waals surface area contributed by atoms with Gasteiger partial charge in [-0.1, -0.05) is 0 Å². The molecular formula is C14H18FNO6S. The second-order valence-corrected chi connectivity index (χ2v) is 7.06. The zero-order valence-electron chi connectivity index (χ0n) is 12.8. The number of carboxylic acid groups (broad SMARTS) is 1. The van der Waals surface area contributed by atoms with Gasteiger partial charge in [-0.15, -0.1) is 0 Å². The molecule has 1 N–H and O–H groups in total. The van der Waals surface area contributed by atoms with Crippen LogP contribution in [-0.4, -0.2) is 57.3 Å². The maximum absolute atomic E-state index is 13.4. The van der Waals surface area contributed by atoms with E-state index in [9.17, 15) is 17.6 Å². The third-order valence-corrected chi connectivity index (χ3v) is 5.44. The van der Waals surface area contributed by atoms with Crippen molar-refractivity contribution in [3.8, 4) is 11.5 Å². The summed E-state index contributed by atoms with van der Waals surface area (Å²) in [6.07, 6.45) is -1.44. The van der Waals surface area contributed by atoms with Gasteiger partial charge in [0.1, 0.15) is 11.1 Å². The number of sulfonamides is 1. The molecule has 0 unspecified atom stereocenters. The first-order chi connectivity index (χ1) is 10.8. The summed E-state index contributed by atoms with van der Waals surface area (Å²) < 4.78 is 50.1. The van der Waals surface area contributed by atoms with Gasteiger partial charge in [0.25, 0.3) is 0 Å². The largest absolute Gasteiger partial charge is 0.493 e. The number of aliphatic carboxylic acids is 1. The summed E-state index contributed by atoms with van der Waals surface area (Å²) in [6, 6.07) is 2.64. The monoisotopic (exact) mass is 347 g/mol. The lowest BCUT2D eigenvalue weighted by molar-refractivity contribution is -0.136. The summed E-state index contributed by atoms with van der Waals surface area (Å²) in [5, 5.41) is 8.92. The fraction of sp³-hybridized carbons (Fsp3) is 0.500. The van der Waals surface area contributed by atoms with E-state index < -0.39 is 22.2 Å². The molecule has 0 bridgehead atoms. The van der Waals surface area contributed by atoms with Crippen LogP contribution in [0.15, 0.2) is 17.0 Å². The number of benzene rings is 1. The first-order valence-electron chi connectivity index (χ1n) is 6.90. The van der Waals surface area contributed by atoms with Crippen molar-refractivity contribution in [2.75, 3.05) is 27.3 Å². The number of nitrogens with zero attached hydrogens (tertiary/aromatic N) is 1. The lowest BCUT2D eigenvalue weighted by atomic mass is 10.1. The van der Waals surface area contributed by atoms with Crippen molar-refractivity contribution in [2.24, 2.45) is 0 Å². The Morgan fingerprint density at radius 1 is 1.39 bits per heavy atom. The number of rotatable bonds is 6. The Hall–Kier alpha value is -1.87. The van der Waals surface area contributed by atoms with E-state index in [1.165, 1.54) is 26.4 Å². The molecule has 1 aromatic rings. The lowest BCUT2D eigenvalue weighted by Crippen LogP contribution is -2.29. The molecule has 9 heteroatoms. The van der Waals surface area contributed by atoms with E-state index in [0.717, 1.165) is 4.31 Å². The minimum Gasteiger partial charge on any atom is -0.493 e. The van der Waals surface area contributed by atoms with Crippen LogP contribution in [0.3, 0.4) is 0 Å². The van der Waals surface area contributed by atoms with Crippen molar-refractivity contribution in [2.45, 2.75) is 23.9 Å². The fourth-order valence-corrected chi connectivity index (χ4v) is 4.20. The van der Waals surface area contributed by atoms with E-state index in [2.05, 4.69) is 0 Å². The van der Waals surface area contributed by atoms with E-state index in [4.69, 9.17) is 14.6 Å². The first-order valence-corrected chi connectivity index (χ1v) is 8.34. The standard InChI is InChI=1S/C14H18FNO6S/c1-21-11-5-9(7-13(17)18)6-12(14(11)22-2)23(19,20)16-4-3-10(15)8-16/h5-6,10H,3-4,7-8H2,1-2H3,(H,17,18)/t10-/m1/s1. The third-order valence-electron chi connectivity index (χ3n) is 3.57. The topological polar surface area (TPSA) is 93.1 Å². The van der Waals surface area contributed by atoms with Crippen LogP contribution in [0.2, 0.25) is 0 Å². The summed E-state index contributed by atoms with van der Waals surface area (Å²) in [5.74, 6) is -1.02. The molecule has 0 saturated carbocycles. The molecule has 23 heavy (non-hydrogen) atoms. The van der Waals surface area contributed by atoms with Gasteiger partial charge in [0.15, 0.2) is 11.5 Å². The highest BCUT2D eigenvalue weighted by molar-refractivity contribution is 7.89. The Kier molecular flexibility index (Phi) is 5.10. The quantitative estimate of drug-likeness (QED) is 0.827. The maximum Gasteiger partial charge on any atom is 0.307 e. The van der Waals surface area contributed by atoms with E-state index in [1.54, 1.807) is 0 Å². The normalized spacial score (nSPS) is 18.8. The van der Waals surface area contributed by atoms with Crippen molar-refractivity contribution in [3.05, 3.63) is 17.7 Å². The summed E-state index contributed by atoms with van der Waals surface area (Å²) in [6.45, 7) is -0.158. The molecule has 0 spiro atoms. The highest BCUT2D eigenvalue weighted by Gasteiger charge is 2.35. The van der Waals surface area contributed by atoms with Gasteiger partial charge in [0.05, 0.1) is 20.6 Å². The van der Waals surface area contributed by atoms with Crippen LogP contribution in [-0.2, 0) is 21.2 Å². The average molecular weight is 347 g/mol. The Balaban J connectivity index is 2.56. The Morgan fingerprint density at radius 3 is 2.57 bits per heavy atom. The van der Waals surface area contributed by atoms with Crippen LogP contribution in [0.5, 0.6) is 11.5 Å². The average Bonchev–Trinajstić information content (AvgIpc) is 2.93. The van der Waals surface area contributed by atoms with Gasteiger partial charge in [0.2, 0.25) is 10.0 Å². The molecule has 7 nitrogen and oxygen atoms in total. The van der Waals surface area contributed by atoms with Crippen molar-refractivity contribution in [3.63, 3.8) is 0 Å². The number of hydrogen-bond acceptors (Lipinski definition) is 5. The Labute approximate surface area is 133 Å². The Bertz CT molecular complexity index is 705. The van der Waals surface area contributed by atoms with Gasteiger partial charge < -0.3 is 14.6 Å². The fourth-order valence-electron chi connectivity index (χ4n) is 2.50. The molecule has 1 aromatic carbocycles. The third kappa shape index (κ3) is 3.56. The molecule has 0 aliphatic carbocycles. The van der Waals surface area contributed by atoms with Crippen LogP contribution in [0, 0.1) is 0 Å². The molecule has 0 amide bonds. The summed E-state index contributed by atoms with van der Waals surface area (Å²) in [5.41, 5.74) is 0.254. The number of ether oxygens (including phenoxy) is 2. The van der Waals surface area contributed by atoms with Crippen LogP contribution in [0.4, 0.5) is 4.39 Å². The van der Waals surface area contributed by atoms with Gasteiger partial charge in [-0.25, -0.2) is 12.8 Å². The minimum atomic E-state index is -4.01. The molecule has 0 radical (unpaired) electrons. The van der Waals surface area contributed by atoms with E-state index >= 15 is 0 Å². The predicted molar refractivity (Wildman–Crippen MR) is 79.2 cm³/mol. The van der Waals surface area contributed by atoms with Gasteiger partial charge in [0, 0.05) is 13.1 Å². The van der Waals surface area contributed by atoms with Crippen molar-refractivity contribution in [1.82, 2.24) is 4.31 Å². The molecule has 1 atom stereocenters. The first kappa shape index (κ1) is 17.5. The molecule has 128 valence electrons. The summed E-state index contributed by atoms with van der Waals surface area (Å²) in [4.78, 5) is 10.7. The van der Waals surface area contributed by atoms with E-state index in [0.29, 0.717) is 0 Å². The molecule has 2 rings (SSSR count). The van der Waals surface area contributed by atoms with Crippen LogP contribution in [0.25, 0.3) is 0 Å². The second-order valence-electron chi connectivity index (χ2n) is 5.15. The van der Waals surface area contributed by atoms with Gasteiger partial charge >= 0.3 is 5.97 Å². The summed E-state index contributed by atoms with van der Waals surface area (Å²) >= 11 is 0. The van der Waals surface area contributed by atoms with Gasteiger partial charge in [-0.3, -0.25) is 4.79 Å². The zero-order valence-corrected chi connectivity index (χ0v) is 13.6. The van der Waals surface area contributed by atoms with Gasteiger partial charge in [-0.2, -0.15) is 4.31 Å². The maximum atomic E-state index is 13.4. The highest BCUT2D eigenvalue weighted by Crippen LogP contribution is 2.38. The number of carboxylic acids is 1. The van der Waals surface area contributed by atoms with Crippen molar-refractivity contribution >= 4 is 16.0 Å². The number of halogens is 1. The second kappa shape index (κ2) is 6.71. The zero-order chi connectivity index (χ0) is 17.2. The van der Waals surface area contributed by atoms with Crippen molar-refractivity contribution in [1.29, 1.82) is 0 Å². The molecule has 1 saturated heterocycles. The highest BCUT2D eigenvalue weighted by atomic mass is 32.2.